The first-order chi connectivity index (χ1) is 11.0. The molecule has 2 rings (SSSR count). The van der Waals surface area contributed by atoms with Gasteiger partial charge in [-0.05, 0) is 24.3 Å². The summed E-state index contributed by atoms with van der Waals surface area (Å²) in [5.41, 5.74) is -3.18. The number of pyridine rings is 1. The summed E-state index contributed by atoms with van der Waals surface area (Å²) < 4.78 is 77.1. The van der Waals surface area contributed by atoms with Crippen LogP contribution in [0.3, 0.4) is 0 Å². The van der Waals surface area contributed by atoms with E-state index in [1.165, 1.54) is 6.07 Å². The summed E-state index contributed by atoms with van der Waals surface area (Å²) in [6.07, 6.45) is -9.48. The van der Waals surface area contributed by atoms with Gasteiger partial charge in [0.15, 0.2) is 5.78 Å². The summed E-state index contributed by atoms with van der Waals surface area (Å²) in [5.74, 6) is -0.642. The maximum atomic E-state index is 12.9. The average molecular weight is 412 g/mol. The van der Waals surface area contributed by atoms with E-state index in [1.807, 2.05) is 0 Å². The SMILES string of the molecule is O=C(CBr)c1cc(-c2cccc(C(F)(F)F)c2)nc(C(F)(F)F)c1. The van der Waals surface area contributed by atoms with E-state index in [0.717, 1.165) is 18.2 Å². The monoisotopic (exact) mass is 411 g/mol. The van der Waals surface area contributed by atoms with E-state index in [9.17, 15) is 31.1 Å². The maximum absolute atomic E-state index is 12.9. The lowest BCUT2D eigenvalue weighted by molar-refractivity contribution is -0.141. The van der Waals surface area contributed by atoms with Crippen molar-refractivity contribution in [2.75, 3.05) is 5.33 Å². The Kier molecular flexibility index (Phi) is 5.03. The van der Waals surface area contributed by atoms with Crippen LogP contribution in [0, 0.1) is 0 Å². The number of alkyl halides is 7. The number of nitrogens with zero attached hydrogens (tertiary/aromatic N) is 1. The van der Waals surface area contributed by atoms with E-state index in [2.05, 4.69) is 20.9 Å². The van der Waals surface area contributed by atoms with Crippen LogP contribution in [0.15, 0.2) is 36.4 Å². The van der Waals surface area contributed by atoms with E-state index in [0.29, 0.717) is 12.1 Å². The minimum absolute atomic E-state index is 0.167. The Morgan fingerprint density at radius 1 is 1.00 bits per heavy atom. The normalized spacial score (nSPS) is 12.3. The molecule has 0 amide bonds. The molecule has 1 aromatic carbocycles. The van der Waals surface area contributed by atoms with Gasteiger partial charge in [-0.2, -0.15) is 26.3 Å². The summed E-state index contributed by atoms with van der Waals surface area (Å²) in [5, 5.41) is -0.226. The van der Waals surface area contributed by atoms with Gasteiger partial charge in [0.2, 0.25) is 0 Å². The molecule has 1 aromatic heterocycles. The first-order valence-electron chi connectivity index (χ1n) is 6.38. The van der Waals surface area contributed by atoms with E-state index >= 15 is 0 Å². The van der Waals surface area contributed by atoms with Crippen LogP contribution in [-0.2, 0) is 12.4 Å². The Morgan fingerprint density at radius 2 is 1.67 bits per heavy atom. The highest BCUT2D eigenvalue weighted by Crippen LogP contribution is 2.34. The van der Waals surface area contributed by atoms with Crippen molar-refractivity contribution in [1.29, 1.82) is 0 Å². The minimum atomic E-state index is -4.83. The fourth-order valence-corrected chi connectivity index (χ4v) is 2.24. The lowest BCUT2D eigenvalue weighted by Crippen LogP contribution is -2.12. The molecule has 24 heavy (non-hydrogen) atoms. The van der Waals surface area contributed by atoms with Gasteiger partial charge in [-0.15, -0.1) is 0 Å². The molecule has 0 saturated heterocycles. The predicted octanol–water partition coefficient (Wildman–Crippen LogP) is 5.36. The summed E-state index contributed by atoms with van der Waals surface area (Å²) >= 11 is 2.85. The topological polar surface area (TPSA) is 30.0 Å². The van der Waals surface area contributed by atoms with Gasteiger partial charge in [0, 0.05) is 11.1 Å². The Morgan fingerprint density at radius 3 is 2.21 bits per heavy atom. The van der Waals surface area contributed by atoms with Crippen molar-refractivity contribution in [3.63, 3.8) is 0 Å². The second-order valence-electron chi connectivity index (χ2n) is 4.76. The second-order valence-corrected chi connectivity index (χ2v) is 5.32. The number of ketones is 1. The molecular weight excluding hydrogens is 404 g/mol. The Bertz CT molecular complexity index is 769. The van der Waals surface area contributed by atoms with Crippen LogP contribution in [0.5, 0.6) is 0 Å². The summed E-state index contributed by atoms with van der Waals surface area (Å²) in [4.78, 5) is 15.0. The van der Waals surface area contributed by atoms with Gasteiger partial charge in [0.1, 0.15) is 5.69 Å². The Labute approximate surface area is 140 Å². The number of halogens is 7. The van der Waals surface area contributed by atoms with Crippen molar-refractivity contribution in [3.8, 4) is 11.3 Å². The zero-order chi connectivity index (χ0) is 18.1. The molecule has 0 spiro atoms. The van der Waals surface area contributed by atoms with Crippen molar-refractivity contribution < 1.29 is 31.1 Å². The Balaban J connectivity index is 2.63. The number of rotatable bonds is 3. The first kappa shape index (κ1) is 18.4. The van der Waals surface area contributed by atoms with Crippen LogP contribution >= 0.6 is 15.9 Å². The van der Waals surface area contributed by atoms with E-state index in [1.54, 1.807) is 0 Å². The molecule has 0 N–H and O–H groups in total. The van der Waals surface area contributed by atoms with Crippen LogP contribution in [0.1, 0.15) is 21.6 Å². The third kappa shape index (κ3) is 4.14. The zero-order valence-electron chi connectivity index (χ0n) is 11.7. The molecular formula is C15H8BrF6NO. The number of hydrogen-bond acceptors (Lipinski definition) is 2. The first-order valence-corrected chi connectivity index (χ1v) is 7.50. The van der Waals surface area contributed by atoms with Gasteiger partial charge in [-0.1, -0.05) is 28.1 Å². The molecule has 2 nitrogen and oxygen atoms in total. The van der Waals surface area contributed by atoms with E-state index in [4.69, 9.17) is 0 Å². The molecule has 0 unspecified atom stereocenters. The maximum Gasteiger partial charge on any atom is 0.433 e. The highest BCUT2D eigenvalue weighted by Gasteiger charge is 2.34. The average Bonchev–Trinajstić information content (AvgIpc) is 2.52. The van der Waals surface area contributed by atoms with Crippen LogP contribution in [-0.4, -0.2) is 16.1 Å². The molecule has 0 radical (unpaired) electrons. The highest BCUT2D eigenvalue weighted by molar-refractivity contribution is 9.09. The third-order valence-corrected chi connectivity index (χ3v) is 3.55. The largest absolute Gasteiger partial charge is 0.433 e. The van der Waals surface area contributed by atoms with E-state index in [-0.39, 0.29) is 22.2 Å². The molecule has 2 aromatic rings. The smallest absolute Gasteiger partial charge is 0.293 e. The quantitative estimate of drug-likeness (QED) is 0.386. The predicted molar refractivity (Wildman–Crippen MR) is 77.8 cm³/mol. The number of aromatic nitrogens is 1. The minimum Gasteiger partial charge on any atom is -0.293 e. The lowest BCUT2D eigenvalue weighted by atomic mass is 10.0. The molecule has 0 fully saturated rings. The number of carbonyl (C=O) groups is 1. The lowest BCUT2D eigenvalue weighted by Gasteiger charge is -2.12. The fraction of sp³-hybridized carbons (Fsp3) is 0.200. The van der Waals surface area contributed by atoms with Crippen LogP contribution in [0.25, 0.3) is 11.3 Å². The zero-order valence-corrected chi connectivity index (χ0v) is 13.3. The third-order valence-electron chi connectivity index (χ3n) is 3.04. The second kappa shape index (κ2) is 6.54. The number of hydrogen-bond donors (Lipinski definition) is 0. The number of benzene rings is 1. The number of Topliss-reactive ketones (excluding diaryl/α,β-unsaturated/α-hetero) is 1. The summed E-state index contributed by atoms with van der Waals surface area (Å²) in [6, 6.07) is 5.34. The standard InChI is InChI=1S/C15H8BrF6NO/c16-7-12(24)9-5-11(23-13(6-9)15(20,21)22)8-2-1-3-10(4-8)14(17,18)19/h1-6H,7H2. The van der Waals surface area contributed by atoms with Crippen LogP contribution in [0.2, 0.25) is 0 Å². The van der Waals surface area contributed by atoms with Gasteiger partial charge in [-0.3, -0.25) is 4.79 Å². The van der Waals surface area contributed by atoms with Gasteiger partial charge in [-0.25, -0.2) is 4.98 Å². The molecule has 0 saturated carbocycles. The van der Waals surface area contributed by atoms with Crippen molar-refractivity contribution in [1.82, 2.24) is 4.98 Å². The summed E-state index contributed by atoms with van der Waals surface area (Å²) in [6.45, 7) is 0. The van der Waals surface area contributed by atoms with Gasteiger partial charge < -0.3 is 0 Å². The van der Waals surface area contributed by atoms with E-state index < -0.39 is 29.4 Å². The molecule has 0 aliphatic carbocycles. The molecule has 128 valence electrons. The van der Waals surface area contributed by atoms with Crippen molar-refractivity contribution in [2.24, 2.45) is 0 Å². The van der Waals surface area contributed by atoms with Gasteiger partial charge in [0.25, 0.3) is 0 Å². The fourth-order valence-electron chi connectivity index (χ4n) is 1.92. The van der Waals surface area contributed by atoms with Crippen LogP contribution < -0.4 is 0 Å². The van der Waals surface area contributed by atoms with Crippen LogP contribution in [0.4, 0.5) is 26.3 Å². The molecule has 9 heteroatoms. The van der Waals surface area contributed by atoms with Gasteiger partial charge >= 0.3 is 12.4 Å². The molecule has 0 atom stereocenters. The molecule has 0 bridgehead atoms. The molecule has 1 heterocycles. The number of carbonyl (C=O) groups excluding carboxylic acids is 1. The molecule has 0 aliphatic rings. The van der Waals surface area contributed by atoms with Crippen molar-refractivity contribution >= 4 is 21.7 Å². The van der Waals surface area contributed by atoms with Crippen molar-refractivity contribution in [2.45, 2.75) is 12.4 Å². The Hall–Kier alpha value is -1.90. The van der Waals surface area contributed by atoms with Crippen molar-refractivity contribution in [3.05, 3.63) is 53.2 Å². The summed E-state index contributed by atoms with van der Waals surface area (Å²) in [7, 11) is 0. The van der Waals surface area contributed by atoms with Gasteiger partial charge in [0.05, 0.1) is 16.6 Å². The highest BCUT2D eigenvalue weighted by atomic mass is 79.9. The molecule has 0 aliphatic heterocycles.